The largest absolute Gasteiger partial charge is 0.481 e. The molecule has 0 amide bonds. The van der Waals surface area contributed by atoms with Gasteiger partial charge in [0.25, 0.3) is 0 Å². The molecule has 20 heavy (non-hydrogen) atoms. The van der Waals surface area contributed by atoms with E-state index in [0.717, 1.165) is 24.4 Å². The first-order valence-electron chi connectivity index (χ1n) is 5.74. The second kappa shape index (κ2) is 5.73. The number of carbonyl (C=O) groups is 1. The molecule has 2 rings (SSSR count). The Balaban J connectivity index is 2.46. The van der Waals surface area contributed by atoms with Crippen LogP contribution in [0.2, 0.25) is 0 Å². The fraction of sp³-hybridized carbons (Fsp3) is 0.143. The molecule has 0 bridgehead atoms. The lowest BCUT2D eigenvalue weighted by Gasteiger charge is -2.15. The monoisotopic (exact) mass is 281 g/mol. The summed E-state index contributed by atoms with van der Waals surface area (Å²) in [5.41, 5.74) is 0.539. The first kappa shape index (κ1) is 14.0. The smallest absolute Gasteiger partial charge is 0.304 e. The van der Waals surface area contributed by atoms with Crippen molar-refractivity contribution in [2.75, 3.05) is 0 Å². The molecular formula is C14H10F3NO2. The van der Waals surface area contributed by atoms with Gasteiger partial charge < -0.3 is 5.11 Å². The maximum absolute atomic E-state index is 13.3. The topological polar surface area (TPSA) is 50.2 Å². The van der Waals surface area contributed by atoms with Gasteiger partial charge in [-0.3, -0.25) is 9.78 Å². The molecule has 6 heteroatoms. The van der Waals surface area contributed by atoms with Crippen molar-refractivity contribution in [3.63, 3.8) is 0 Å². The molecule has 1 aromatic carbocycles. The third-order valence-electron chi connectivity index (χ3n) is 2.85. The zero-order chi connectivity index (χ0) is 14.7. The van der Waals surface area contributed by atoms with E-state index in [1.165, 1.54) is 12.3 Å². The standard InChI is InChI=1S/C14H10F3NO2/c15-10-3-9(6-18-7-10)11(5-14(19)20)8-1-2-12(16)13(17)4-8/h1-4,6-7,11H,5H2,(H,19,20)/t11-/m0/s1. The van der Waals surface area contributed by atoms with E-state index in [2.05, 4.69) is 4.98 Å². The summed E-state index contributed by atoms with van der Waals surface area (Å²) in [5.74, 6) is -4.67. The number of carboxylic acids is 1. The van der Waals surface area contributed by atoms with E-state index in [9.17, 15) is 18.0 Å². The third-order valence-corrected chi connectivity index (χ3v) is 2.85. The summed E-state index contributed by atoms with van der Waals surface area (Å²) in [6.07, 6.45) is 1.90. The number of carboxylic acid groups (broad SMARTS) is 1. The van der Waals surface area contributed by atoms with Gasteiger partial charge in [0, 0.05) is 12.1 Å². The zero-order valence-corrected chi connectivity index (χ0v) is 10.2. The van der Waals surface area contributed by atoms with Crippen LogP contribution >= 0.6 is 0 Å². The van der Waals surface area contributed by atoms with Gasteiger partial charge in [-0.1, -0.05) is 6.07 Å². The van der Waals surface area contributed by atoms with E-state index >= 15 is 0 Å². The summed E-state index contributed by atoms with van der Waals surface area (Å²) in [6, 6.07) is 4.22. The number of aliphatic carboxylic acids is 1. The average Bonchev–Trinajstić information content (AvgIpc) is 2.39. The van der Waals surface area contributed by atoms with Crippen molar-refractivity contribution in [3.05, 3.63) is 65.2 Å². The highest BCUT2D eigenvalue weighted by atomic mass is 19.2. The van der Waals surface area contributed by atoms with Crippen molar-refractivity contribution in [1.82, 2.24) is 4.98 Å². The van der Waals surface area contributed by atoms with E-state index in [1.807, 2.05) is 0 Å². The number of hydrogen-bond acceptors (Lipinski definition) is 2. The molecule has 104 valence electrons. The van der Waals surface area contributed by atoms with Gasteiger partial charge >= 0.3 is 5.97 Å². The summed E-state index contributed by atoms with van der Waals surface area (Å²) in [4.78, 5) is 14.6. The average molecular weight is 281 g/mol. The Morgan fingerprint density at radius 1 is 1.10 bits per heavy atom. The van der Waals surface area contributed by atoms with Gasteiger partial charge in [0.05, 0.1) is 12.6 Å². The van der Waals surface area contributed by atoms with Crippen molar-refractivity contribution in [2.45, 2.75) is 12.3 Å². The van der Waals surface area contributed by atoms with Gasteiger partial charge in [-0.25, -0.2) is 13.2 Å². The summed E-state index contributed by atoms with van der Waals surface area (Å²) >= 11 is 0. The lowest BCUT2D eigenvalue weighted by molar-refractivity contribution is -0.137. The minimum atomic E-state index is -1.14. The highest BCUT2D eigenvalue weighted by Crippen LogP contribution is 2.29. The van der Waals surface area contributed by atoms with Crippen LogP contribution in [0, 0.1) is 17.5 Å². The first-order chi connectivity index (χ1) is 9.47. The van der Waals surface area contributed by atoms with Gasteiger partial charge in [0.2, 0.25) is 0 Å². The summed E-state index contributed by atoms with van der Waals surface area (Å²) < 4.78 is 39.4. The number of aromatic nitrogens is 1. The number of benzene rings is 1. The molecule has 0 fully saturated rings. The van der Waals surface area contributed by atoms with Crippen LogP contribution in [0.4, 0.5) is 13.2 Å². The van der Waals surface area contributed by atoms with Crippen LogP contribution in [0.1, 0.15) is 23.5 Å². The van der Waals surface area contributed by atoms with E-state index in [-0.39, 0.29) is 12.0 Å². The van der Waals surface area contributed by atoms with E-state index in [1.54, 1.807) is 0 Å². The highest BCUT2D eigenvalue weighted by molar-refractivity contribution is 5.69. The molecule has 0 radical (unpaired) electrons. The van der Waals surface area contributed by atoms with Crippen molar-refractivity contribution in [2.24, 2.45) is 0 Å². The molecule has 1 N–H and O–H groups in total. The second-order valence-corrected chi connectivity index (χ2v) is 4.26. The minimum Gasteiger partial charge on any atom is -0.481 e. The molecular weight excluding hydrogens is 271 g/mol. The number of hydrogen-bond donors (Lipinski definition) is 1. The lowest BCUT2D eigenvalue weighted by Crippen LogP contribution is -2.09. The predicted molar refractivity (Wildman–Crippen MR) is 64.6 cm³/mol. The Morgan fingerprint density at radius 3 is 2.45 bits per heavy atom. The highest BCUT2D eigenvalue weighted by Gasteiger charge is 2.20. The van der Waals surface area contributed by atoms with Crippen LogP contribution in [-0.4, -0.2) is 16.1 Å². The first-order valence-corrected chi connectivity index (χ1v) is 5.74. The SMILES string of the molecule is O=C(O)C[C@H](c1cncc(F)c1)c1ccc(F)c(F)c1. The molecule has 0 unspecified atom stereocenters. The summed E-state index contributed by atoms with van der Waals surface area (Å²) in [7, 11) is 0. The van der Waals surface area contributed by atoms with Crippen molar-refractivity contribution >= 4 is 5.97 Å². The van der Waals surface area contributed by atoms with E-state index in [0.29, 0.717) is 5.56 Å². The van der Waals surface area contributed by atoms with Crippen molar-refractivity contribution < 1.29 is 23.1 Å². The van der Waals surface area contributed by atoms with E-state index < -0.39 is 29.3 Å². The predicted octanol–water partition coefficient (Wildman–Crippen LogP) is 3.11. The molecule has 0 aliphatic rings. The van der Waals surface area contributed by atoms with Gasteiger partial charge in [-0.15, -0.1) is 0 Å². The molecule has 1 heterocycles. The molecule has 0 aliphatic heterocycles. The molecule has 0 spiro atoms. The zero-order valence-electron chi connectivity index (χ0n) is 10.2. The third kappa shape index (κ3) is 3.14. The fourth-order valence-corrected chi connectivity index (χ4v) is 1.95. The Bertz CT molecular complexity index is 646. The van der Waals surface area contributed by atoms with Crippen LogP contribution < -0.4 is 0 Å². The van der Waals surface area contributed by atoms with Gasteiger partial charge in [0.15, 0.2) is 11.6 Å². The normalized spacial score (nSPS) is 12.2. The molecule has 1 atom stereocenters. The summed E-state index contributed by atoms with van der Waals surface area (Å²) in [5, 5.41) is 8.92. The van der Waals surface area contributed by atoms with Gasteiger partial charge in [-0.2, -0.15) is 0 Å². The van der Waals surface area contributed by atoms with Crippen molar-refractivity contribution in [1.29, 1.82) is 0 Å². The van der Waals surface area contributed by atoms with Gasteiger partial charge in [0.1, 0.15) is 5.82 Å². The summed E-state index contributed by atoms with van der Waals surface area (Å²) in [6.45, 7) is 0. The number of nitrogens with zero attached hydrogens (tertiary/aromatic N) is 1. The van der Waals surface area contributed by atoms with Crippen LogP contribution in [0.15, 0.2) is 36.7 Å². The Labute approximate surface area is 112 Å². The van der Waals surface area contributed by atoms with Crippen LogP contribution in [0.25, 0.3) is 0 Å². The maximum atomic E-state index is 13.3. The maximum Gasteiger partial charge on any atom is 0.304 e. The van der Waals surface area contributed by atoms with Crippen LogP contribution in [-0.2, 0) is 4.79 Å². The van der Waals surface area contributed by atoms with Crippen LogP contribution in [0.5, 0.6) is 0 Å². The molecule has 0 aliphatic carbocycles. The molecule has 3 nitrogen and oxygen atoms in total. The molecule has 2 aromatic rings. The minimum absolute atomic E-state index is 0.249. The van der Waals surface area contributed by atoms with Crippen molar-refractivity contribution in [3.8, 4) is 0 Å². The van der Waals surface area contributed by atoms with Crippen LogP contribution in [0.3, 0.4) is 0 Å². The molecule has 0 saturated carbocycles. The quantitative estimate of drug-likeness (QED) is 0.936. The molecule has 1 aromatic heterocycles. The van der Waals surface area contributed by atoms with Gasteiger partial charge in [-0.05, 0) is 29.3 Å². The van der Waals surface area contributed by atoms with E-state index in [4.69, 9.17) is 5.11 Å². The molecule has 0 saturated heterocycles. The Kier molecular flexibility index (Phi) is 4.02. The Morgan fingerprint density at radius 2 is 1.85 bits per heavy atom. The Hall–Kier alpha value is -2.37. The fourth-order valence-electron chi connectivity index (χ4n) is 1.95. The second-order valence-electron chi connectivity index (χ2n) is 4.26. The number of pyridine rings is 1. The number of halogens is 3. The number of rotatable bonds is 4. The lowest BCUT2D eigenvalue weighted by atomic mass is 9.89.